The van der Waals surface area contributed by atoms with Gasteiger partial charge in [0.25, 0.3) is 0 Å². The van der Waals surface area contributed by atoms with Crippen molar-refractivity contribution in [1.82, 2.24) is 34.4 Å². The van der Waals surface area contributed by atoms with E-state index in [9.17, 15) is 10.2 Å². The van der Waals surface area contributed by atoms with Crippen molar-refractivity contribution in [3.05, 3.63) is 42.2 Å². The van der Waals surface area contributed by atoms with E-state index in [4.69, 9.17) is 15.5 Å². The molecule has 1 aliphatic heterocycles. The van der Waals surface area contributed by atoms with Gasteiger partial charge in [-0.3, -0.25) is 4.57 Å². The number of imidazole rings is 2. The number of nitrogen functional groups attached to an aromatic ring is 1. The second-order valence-corrected chi connectivity index (χ2v) is 12.3. The van der Waals surface area contributed by atoms with Crippen LogP contribution in [-0.4, -0.2) is 82.5 Å². The Morgan fingerprint density at radius 3 is 2.75 bits per heavy atom. The van der Waals surface area contributed by atoms with Gasteiger partial charge in [-0.1, -0.05) is 26.8 Å². The molecule has 11 nitrogen and oxygen atoms in total. The van der Waals surface area contributed by atoms with E-state index in [2.05, 4.69) is 70.9 Å². The van der Waals surface area contributed by atoms with Crippen molar-refractivity contribution in [2.45, 2.75) is 88.9 Å². The standard InChI is InChI=1S/C29H40N8O3/c1-5-29(2,3)17-7-8-19-20(12-17)35-22(34-19)9-6-16-10-18(11-16)36(4)13-21-24(38)25(39)28(40-21)37-15-33-23-26(30)31-14-32-27(23)37/h7-8,12,14-16,18,21,24-25,28,38-39H,5-6,9-11,13H2,1-4H3,(H,34,35)(H2,30,31,32)/t16?,18?,21-,24-,25-,28-/m1/s1. The number of hydrogen-bond acceptors (Lipinski definition) is 9. The van der Waals surface area contributed by atoms with Crippen LogP contribution in [0, 0.1) is 5.92 Å². The van der Waals surface area contributed by atoms with E-state index in [-0.39, 0.29) is 11.2 Å². The van der Waals surface area contributed by atoms with E-state index < -0.39 is 24.5 Å². The first-order valence-corrected chi connectivity index (χ1v) is 14.3. The highest BCUT2D eigenvalue weighted by Gasteiger charge is 2.45. The Bertz CT molecular complexity index is 1490. The van der Waals surface area contributed by atoms with E-state index in [0.29, 0.717) is 29.7 Å². The number of anilines is 1. The topological polar surface area (TPSA) is 151 Å². The minimum Gasteiger partial charge on any atom is -0.387 e. The van der Waals surface area contributed by atoms with Crippen LogP contribution in [0.3, 0.4) is 0 Å². The molecule has 4 heterocycles. The predicted molar refractivity (Wildman–Crippen MR) is 153 cm³/mol. The number of likely N-dealkylation sites (N-methyl/N-ethyl adjacent to an activating group) is 1. The van der Waals surface area contributed by atoms with Crippen molar-refractivity contribution in [1.29, 1.82) is 0 Å². The number of ether oxygens (including phenoxy) is 1. The molecule has 1 aliphatic carbocycles. The largest absolute Gasteiger partial charge is 0.387 e. The zero-order valence-electron chi connectivity index (χ0n) is 23.7. The molecule has 2 aliphatic rings. The average Bonchev–Trinajstić information content (AvgIpc) is 3.60. The van der Waals surface area contributed by atoms with Gasteiger partial charge in [-0.15, -0.1) is 0 Å². The summed E-state index contributed by atoms with van der Waals surface area (Å²) >= 11 is 0. The number of nitrogens with two attached hydrogens (primary N) is 1. The van der Waals surface area contributed by atoms with Crippen LogP contribution >= 0.6 is 0 Å². The van der Waals surface area contributed by atoms with E-state index in [1.54, 1.807) is 4.57 Å². The third-order valence-electron chi connectivity index (χ3n) is 9.29. The maximum Gasteiger partial charge on any atom is 0.167 e. The molecule has 1 saturated heterocycles. The summed E-state index contributed by atoms with van der Waals surface area (Å²) in [5.74, 6) is 1.96. The summed E-state index contributed by atoms with van der Waals surface area (Å²) in [4.78, 5) is 23.1. The zero-order valence-corrected chi connectivity index (χ0v) is 23.7. The van der Waals surface area contributed by atoms with E-state index in [1.165, 1.54) is 18.2 Å². The first-order valence-electron chi connectivity index (χ1n) is 14.3. The smallest absolute Gasteiger partial charge is 0.167 e. The van der Waals surface area contributed by atoms with Crippen LogP contribution in [0.25, 0.3) is 22.2 Å². The fourth-order valence-corrected chi connectivity index (χ4v) is 6.04. The van der Waals surface area contributed by atoms with Crippen LogP contribution in [0.2, 0.25) is 0 Å². The Labute approximate surface area is 233 Å². The first-order chi connectivity index (χ1) is 19.1. The van der Waals surface area contributed by atoms with Crippen molar-refractivity contribution >= 4 is 28.0 Å². The van der Waals surface area contributed by atoms with E-state index in [0.717, 1.165) is 49.0 Å². The number of aromatic nitrogens is 6. The van der Waals surface area contributed by atoms with Gasteiger partial charge in [0.2, 0.25) is 0 Å². The molecule has 11 heteroatoms. The lowest BCUT2D eigenvalue weighted by Gasteiger charge is -2.42. The maximum atomic E-state index is 10.8. The molecule has 3 aromatic heterocycles. The number of aliphatic hydroxyl groups excluding tert-OH is 2. The fourth-order valence-electron chi connectivity index (χ4n) is 6.04. The number of nitrogens with one attached hydrogen (secondary N) is 1. The number of rotatable bonds is 9. The van der Waals surface area contributed by atoms with Gasteiger partial charge >= 0.3 is 0 Å². The molecular formula is C29H40N8O3. The average molecular weight is 549 g/mol. The third kappa shape index (κ3) is 4.85. The van der Waals surface area contributed by atoms with Gasteiger partial charge in [0.1, 0.15) is 36.0 Å². The Hall–Kier alpha value is -3.12. The first kappa shape index (κ1) is 27.1. The van der Waals surface area contributed by atoms with Crippen LogP contribution in [-0.2, 0) is 16.6 Å². The second kappa shape index (κ2) is 10.4. The molecule has 5 N–H and O–H groups in total. The number of H-pyrrole nitrogens is 1. The molecule has 2 fully saturated rings. The van der Waals surface area contributed by atoms with Crippen LogP contribution < -0.4 is 5.73 Å². The number of fused-ring (bicyclic) bond motifs is 2. The quantitative estimate of drug-likeness (QED) is 0.247. The summed E-state index contributed by atoms with van der Waals surface area (Å²) in [6.07, 6.45) is 4.75. The zero-order chi connectivity index (χ0) is 28.2. The molecule has 4 atom stereocenters. The molecule has 40 heavy (non-hydrogen) atoms. The van der Waals surface area contributed by atoms with Gasteiger partial charge in [-0.05, 0) is 61.8 Å². The highest BCUT2D eigenvalue weighted by Crippen LogP contribution is 2.37. The molecule has 1 aromatic carbocycles. The van der Waals surface area contributed by atoms with Crippen LogP contribution in [0.15, 0.2) is 30.9 Å². The summed E-state index contributed by atoms with van der Waals surface area (Å²) in [5, 5.41) is 21.5. The second-order valence-electron chi connectivity index (χ2n) is 12.3. The summed E-state index contributed by atoms with van der Waals surface area (Å²) in [6.45, 7) is 7.31. The van der Waals surface area contributed by atoms with Gasteiger partial charge in [0, 0.05) is 19.0 Å². The van der Waals surface area contributed by atoms with Crippen LogP contribution in [0.1, 0.15) is 64.1 Å². The molecule has 0 bridgehead atoms. The number of aromatic amines is 1. The lowest BCUT2D eigenvalue weighted by Crippen LogP contribution is -2.47. The van der Waals surface area contributed by atoms with E-state index >= 15 is 0 Å². The lowest BCUT2D eigenvalue weighted by molar-refractivity contribution is -0.0514. The Kier molecular flexibility index (Phi) is 7.02. The summed E-state index contributed by atoms with van der Waals surface area (Å²) in [5.41, 5.74) is 10.5. The summed E-state index contributed by atoms with van der Waals surface area (Å²) in [7, 11) is 2.06. The molecule has 214 valence electrons. The molecule has 0 spiro atoms. The SMILES string of the molecule is CCC(C)(C)c1ccc2nc(CCC3CC(N(C)C[C@H]4O[C@@H](n5cnc6c(N)ncnc65)[C@H](O)[C@@H]4O)C3)[nH]c2c1. The van der Waals surface area contributed by atoms with Crippen LogP contribution in [0.4, 0.5) is 5.82 Å². The number of nitrogens with zero attached hydrogens (tertiary/aromatic N) is 6. The highest BCUT2D eigenvalue weighted by molar-refractivity contribution is 5.81. The molecule has 0 unspecified atom stereocenters. The Morgan fingerprint density at radius 1 is 1.18 bits per heavy atom. The fraction of sp³-hybridized carbons (Fsp3) is 0.586. The van der Waals surface area contributed by atoms with Gasteiger partial charge in [0.15, 0.2) is 17.7 Å². The highest BCUT2D eigenvalue weighted by atomic mass is 16.6. The minimum atomic E-state index is -1.10. The molecule has 6 rings (SSSR count). The van der Waals surface area contributed by atoms with E-state index in [1.807, 2.05) is 0 Å². The number of hydrogen-bond donors (Lipinski definition) is 4. The number of benzene rings is 1. The van der Waals surface area contributed by atoms with Gasteiger partial charge < -0.3 is 30.6 Å². The number of aliphatic hydroxyl groups is 2. The molecule has 1 saturated carbocycles. The Morgan fingerprint density at radius 2 is 1.98 bits per heavy atom. The molecule has 0 amide bonds. The van der Waals surface area contributed by atoms with Crippen molar-refractivity contribution < 1.29 is 14.9 Å². The Balaban J connectivity index is 1.01. The monoisotopic (exact) mass is 548 g/mol. The maximum absolute atomic E-state index is 10.8. The minimum absolute atomic E-state index is 0.155. The lowest BCUT2D eigenvalue weighted by atomic mass is 9.76. The third-order valence-corrected chi connectivity index (χ3v) is 9.29. The van der Waals surface area contributed by atoms with Crippen LogP contribution in [0.5, 0.6) is 0 Å². The molecule has 4 aromatic rings. The normalized spacial score (nSPS) is 27.2. The molecular weight excluding hydrogens is 508 g/mol. The molecule has 0 radical (unpaired) electrons. The van der Waals surface area contributed by atoms with Crippen molar-refractivity contribution in [3.63, 3.8) is 0 Å². The van der Waals surface area contributed by atoms with Gasteiger partial charge in [-0.2, -0.15) is 0 Å². The van der Waals surface area contributed by atoms with Gasteiger partial charge in [0.05, 0.1) is 17.4 Å². The van der Waals surface area contributed by atoms with Gasteiger partial charge in [-0.25, -0.2) is 19.9 Å². The summed E-state index contributed by atoms with van der Waals surface area (Å²) in [6, 6.07) is 7.02. The summed E-state index contributed by atoms with van der Waals surface area (Å²) < 4.78 is 7.75. The van der Waals surface area contributed by atoms with Crippen molar-refractivity contribution in [2.75, 3.05) is 19.3 Å². The number of aryl methyl sites for hydroxylation is 1. The van der Waals surface area contributed by atoms with Crippen molar-refractivity contribution in [3.8, 4) is 0 Å². The predicted octanol–water partition coefficient (Wildman–Crippen LogP) is 2.93. The van der Waals surface area contributed by atoms with Crippen molar-refractivity contribution in [2.24, 2.45) is 5.92 Å².